The third kappa shape index (κ3) is 5.98. The van der Waals surface area contributed by atoms with Crippen LogP contribution in [0.3, 0.4) is 0 Å². The van der Waals surface area contributed by atoms with E-state index in [0.717, 1.165) is 36.5 Å². The summed E-state index contributed by atoms with van der Waals surface area (Å²) in [7, 11) is 0. The summed E-state index contributed by atoms with van der Waals surface area (Å²) in [6.45, 7) is 7.88. The summed E-state index contributed by atoms with van der Waals surface area (Å²) in [6, 6.07) is 10.3. The van der Waals surface area contributed by atoms with Gasteiger partial charge >= 0.3 is 0 Å². The van der Waals surface area contributed by atoms with E-state index in [9.17, 15) is 0 Å². The molecule has 2 aromatic rings. The van der Waals surface area contributed by atoms with E-state index in [1.54, 1.807) is 6.21 Å². The number of rotatable bonds is 8. The summed E-state index contributed by atoms with van der Waals surface area (Å²) in [4.78, 5) is 0. The van der Waals surface area contributed by atoms with Crippen molar-refractivity contribution in [2.45, 2.75) is 46.6 Å². The van der Waals surface area contributed by atoms with E-state index in [-0.39, 0.29) is 0 Å². The Morgan fingerprint density at radius 2 is 2.00 bits per heavy atom. The number of aromatic nitrogens is 2. The average molecular weight is 358 g/mol. The second kappa shape index (κ2) is 9.93. The molecule has 2 rings (SSSR count). The first kappa shape index (κ1) is 19.1. The van der Waals surface area contributed by atoms with E-state index in [2.05, 4.69) is 46.9 Å². The SMILES string of the molecule is CCCCCNC(=S)N/N=C\c1c(C)nn(Cc2ccccc2)c1C. The number of thiocarbonyl (C=S) groups is 1. The maximum atomic E-state index is 5.22. The van der Waals surface area contributed by atoms with Crippen molar-refractivity contribution in [2.75, 3.05) is 6.54 Å². The molecular formula is C19H27N5S. The molecule has 0 unspecified atom stereocenters. The van der Waals surface area contributed by atoms with E-state index in [4.69, 9.17) is 12.2 Å². The highest BCUT2D eigenvalue weighted by molar-refractivity contribution is 7.80. The standard InChI is InChI=1S/C19H27N5S/c1-4-5-9-12-20-19(25)22-21-13-18-15(2)23-24(16(18)3)14-17-10-7-6-8-11-17/h6-8,10-11,13H,4-5,9,12,14H2,1-3H3,(H2,20,22,25)/b21-13-. The van der Waals surface area contributed by atoms with Crippen LogP contribution < -0.4 is 10.7 Å². The first-order chi connectivity index (χ1) is 12.1. The maximum absolute atomic E-state index is 5.22. The van der Waals surface area contributed by atoms with Gasteiger partial charge in [0.05, 0.1) is 18.5 Å². The number of unbranched alkanes of at least 4 members (excludes halogenated alkanes) is 2. The quantitative estimate of drug-likeness (QED) is 0.328. The van der Waals surface area contributed by atoms with Gasteiger partial charge in [-0.3, -0.25) is 10.1 Å². The van der Waals surface area contributed by atoms with Crippen LogP contribution in [-0.2, 0) is 6.54 Å². The normalized spacial score (nSPS) is 11.0. The molecule has 5 nitrogen and oxygen atoms in total. The Morgan fingerprint density at radius 3 is 2.72 bits per heavy atom. The Bertz CT molecular complexity index is 706. The molecule has 25 heavy (non-hydrogen) atoms. The predicted molar refractivity (Wildman–Crippen MR) is 108 cm³/mol. The Hall–Kier alpha value is -2.21. The molecule has 0 aliphatic heterocycles. The Kier molecular flexibility index (Phi) is 7.60. The number of hydrogen-bond acceptors (Lipinski definition) is 3. The molecule has 1 heterocycles. The van der Waals surface area contributed by atoms with Crippen LogP contribution in [0.5, 0.6) is 0 Å². The third-order valence-electron chi connectivity index (χ3n) is 4.04. The molecule has 0 bridgehead atoms. The van der Waals surface area contributed by atoms with E-state index in [1.807, 2.05) is 29.8 Å². The summed E-state index contributed by atoms with van der Waals surface area (Å²) < 4.78 is 2.01. The van der Waals surface area contributed by atoms with Crippen LogP contribution in [0.15, 0.2) is 35.4 Å². The van der Waals surface area contributed by atoms with Crippen LogP contribution >= 0.6 is 12.2 Å². The molecule has 0 saturated carbocycles. The number of hydrogen-bond donors (Lipinski definition) is 2. The van der Waals surface area contributed by atoms with Crippen molar-refractivity contribution < 1.29 is 0 Å². The van der Waals surface area contributed by atoms with Gasteiger partial charge in [0.15, 0.2) is 5.11 Å². The zero-order valence-electron chi connectivity index (χ0n) is 15.2. The minimum atomic E-state index is 0.555. The summed E-state index contributed by atoms with van der Waals surface area (Å²) in [5, 5.41) is 12.6. The van der Waals surface area contributed by atoms with Crippen molar-refractivity contribution in [1.29, 1.82) is 0 Å². The predicted octanol–water partition coefficient (Wildman–Crippen LogP) is 3.54. The molecule has 6 heteroatoms. The van der Waals surface area contributed by atoms with Crippen LogP contribution in [0.4, 0.5) is 0 Å². The second-order valence-corrected chi connectivity index (χ2v) is 6.47. The largest absolute Gasteiger partial charge is 0.361 e. The van der Waals surface area contributed by atoms with Gasteiger partial charge < -0.3 is 5.32 Å². The van der Waals surface area contributed by atoms with Crippen molar-refractivity contribution in [1.82, 2.24) is 20.5 Å². The fraction of sp³-hybridized carbons (Fsp3) is 0.421. The summed E-state index contributed by atoms with van der Waals surface area (Å²) >= 11 is 5.22. The molecule has 1 aromatic carbocycles. The number of hydrazone groups is 1. The minimum absolute atomic E-state index is 0.555. The van der Waals surface area contributed by atoms with Crippen molar-refractivity contribution in [3.8, 4) is 0 Å². The average Bonchev–Trinajstić information content (AvgIpc) is 2.87. The fourth-order valence-electron chi connectivity index (χ4n) is 2.58. The Balaban J connectivity index is 1.92. The van der Waals surface area contributed by atoms with E-state index in [1.165, 1.54) is 18.4 Å². The van der Waals surface area contributed by atoms with Gasteiger partial charge in [-0.1, -0.05) is 50.1 Å². The lowest BCUT2D eigenvalue weighted by Gasteiger charge is -2.06. The molecule has 0 atom stereocenters. The zero-order chi connectivity index (χ0) is 18.1. The van der Waals surface area contributed by atoms with Gasteiger partial charge in [0.2, 0.25) is 0 Å². The van der Waals surface area contributed by atoms with Gasteiger partial charge in [0.25, 0.3) is 0 Å². The first-order valence-corrected chi connectivity index (χ1v) is 9.17. The first-order valence-electron chi connectivity index (χ1n) is 8.76. The second-order valence-electron chi connectivity index (χ2n) is 6.06. The van der Waals surface area contributed by atoms with Gasteiger partial charge in [-0.2, -0.15) is 10.2 Å². The molecular weight excluding hydrogens is 330 g/mol. The van der Waals surface area contributed by atoms with E-state index in [0.29, 0.717) is 5.11 Å². The van der Waals surface area contributed by atoms with E-state index >= 15 is 0 Å². The number of nitrogens with zero attached hydrogens (tertiary/aromatic N) is 3. The molecule has 0 radical (unpaired) electrons. The van der Waals surface area contributed by atoms with Crippen molar-refractivity contribution in [2.24, 2.45) is 5.10 Å². The molecule has 0 spiro atoms. The molecule has 1 aromatic heterocycles. The summed E-state index contributed by atoms with van der Waals surface area (Å²) in [5.41, 5.74) is 7.18. The van der Waals surface area contributed by atoms with Gasteiger partial charge in [0.1, 0.15) is 0 Å². The van der Waals surface area contributed by atoms with Gasteiger partial charge in [-0.25, -0.2) is 0 Å². The maximum Gasteiger partial charge on any atom is 0.186 e. The Morgan fingerprint density at radius 1 is 1.24 bits per heavy atom. The molecule has 134 valence electrons. The van der Waals surface area contributed by atoms with Crippen molar-refractivity contribution >= 4 is 23.5 Å². The molecule has 0 amide bonds. The lowest BCUT2D eigenvalue weighted by atomic mass is 10.2. The van der Waals surface area contributed by atoms with Gasteiger partial charge in [-0.05, 0) is 38.0 Å². The summed E-state index contributed by atoms with van der Waals surface area (Å²) in [6.07, 6.45) is 5.31. The Labute approximate surface area is 155 Å². The lowest BCUT2D eigenvalue weighted by Crippen LogP contribution is -2.32. The molecule has 0 aliphatic carbocycles. The molecule has 2 N–H and O–H groups in total. The number of nitrogens with one attached hydrogen (secondary N) is 2. The van der Waals surface area contributed by atoms with Gasteiger partial charge in [-0.15, -0.1) is 0 Å². The minimum Gasteiger partial charge on any atom is -0.361 e. The number of aryl methyl sites for hydroxylation is 1. The van der Waals surface area contributed by atoms with Crippen molar-refractivity contribution in [3.05, 3.63) is 52.8 Å². The highest BCUT2D eigenvalue weighted by atomic mass is 32.1. The van der Waals surface area contributed by atoms with E-state index < -0.39 is 0 Å². The fourth-order valence-corrected chi connectivity index (χ4v) is 2.73. The monoisotopic (exact) mass is 357 g/mol. The third-order valence-corrected chi connectivity index (χ3v) is 4.27. The smallest absolute Gasteiger partial charge is 0.186 e. The van der Waals surface area contributed by atoms with Crippen LogP contribution in [-0.4, -0.2) is 27.7 Å². The molecule has 0 fully saturated rings. The lowest BCUT2D eigenvalue weighted by molar-refractivity contribution is 0.659. The van der Waals surface area contributed by atoms with Gasteiger partial charge in [0, 0.05) is 17.8 Å². The molecule has 0 saturated heterocycles. The van der Waals surface area contributed by atoms with Crippen LogP contribution in [0.25, 0.3) is 0 Å². The van der Waals surface area contributed by atoms with Crippen LogP contribution in [0.1, 0.15) is 48.7 Å². The van der Waals surface area contributed by atoms with Crippen molar-refractivity contribution in [3.63, 3.8) is 0 Å². The highest BCUT2D eigenvalue weighted by Crippen LogP contribution is 2.12. The zero-order valence-corrected chi connectivity index (χ0v) is 16.1. The highest BCUT2D eigenvalue weighted by Gasteiger charge is 2.10. The molecule has 0 aliphatic rings. The number of benzene rings is 1. The summed E-state index contributed by atoms with van der Waals surface area (Å²) in [5.74, 6) is 0. The van der Waals surface area contributed by atoms with Crippen LogP contribution in [0.2, 0.25) is 0 Å². The topological polar surface area (TPSA) is 54.2 Å². The van der Waals surface area contributed by atoms with Crippen LogP contribution in [0, 0.1) is 13.8 Å².